The average molecular weight is 428 g/mol. The number of benzene rings is 1. The molecule has 1 aromatic carbocycles. The molecule has 0 atom stereocenters. The smallest absolute Gasteiger partial charge is 0.352 e. The van der Waals surface area contributed by atoms with Gasteiger partial charge in [-0.15, -0.1) is 0 Å². The van der Waals surface area contributed by atoms with Crippen LogP contribution in [0.1, 0.15) is 67.9 Å². The first kappa shape index (κ1) is 24.2. The van der Waals surface area contributed by atoms with Crippen molar-refractivity contribution in [2.24, 2.45) is 5.92 Å². The third-order valence-corrected chi connectivity index (χ3v) is 5.13. The number of rotatable bonds is 6. The van der Waals surface area contributed by atoms with E-state index in [4.69, 9.17) is 0 Å². The molecule has 30 heavy (non-hydrogen) atoms. The van der Waals surface area contributed by atoms with Gasteiger partial charge in [-0.3, -0.25) is 9.59 Å². The monoisotopic (exact) mass is 427 g/mol. The maximum Gasteiger partial charge on any atom is 0.416 e. The van der Waals surface area contributed by atoms with Crippen LogP contribution in [0.5, 0.6) is 0 Å². The summed E-state index contributed by atoms with van der Waals surface area (Å²) in [6.45, 7) is 8.06. The number of carbonyl (C=O) groups excluding carboxylic acids is 2. The molecule has 0 unspecified atom stereocenters. The molecule has 0 spiro atoms. The third-order valence-electron chi connectivity index (χ3n) is 5.13. The van der Waals surface area contributed by atoms with E-state index in [-0.39, 0.29) is 35.5 Å². The molecule has 1 aliphatic carbocycles. The van der Waals surface area contributed by atoms with Crippen LogP contribution in [0.2, 0.25) is 0 Å². The standard InChI is InChI=1S/C22H32F3N3O2/c1-14-9-16(11-17(10-14)22(23,24)25)20(30)27-12-15-5-7-18(8-6-15)26-13-19(29)28-21(2,3)4/h9-11,15,18,26H,5-8,12-13H2,1-4H3,(H,27,30)(H,28,29). The lowest BCUT2D eigenvalue weighted by molar-refractivity contribution is -0.137. The van der Waals surface area contributed by atoms with Crippen LogP contribution >= 0.6 is 0 Å². The van der Waals surface area contributed by atoms with Crippen molar-refractivity contribution in [1.82, 2.24) is 16.0 Å². The Morgan fingerprint density at radius 2 is 1.67 bits per heavy atom. The van der Waals surface area contributed by atoms with Gasteiger partial charge in [0.15, 0.2) is 0 Å². The summed E-state index contributed by atoms with van der Waals surface area (Å²) in [4.78, 5) is 24.2. The molecule has 1 saturated carbocycles. The Balaban J connectivity index is 1.76. The molecule has 0 bridgehead atoms. The number of hydrogen-bond donors (Lipinski definition) is 3. The zero-order valence-electron chi connectivity index (χ0n) is 18.1. The molecule has 8 heteroatoms. The molecular weight excluding hydrogens is 395 g/mol. The molecular formula is C22H32F3N3O2. The van der Waals surface area contributed by atoms with Crippen LogP contribution < -0.4 is 16.0 Å². The summed E-state index contributed by atoms with van der Waals surface area (Å²) >= 11 is 0. The van der Waals surface area contributed by atoms with Gasteiger partial charge in [-0.2, -0.15) is 13.2 Å². The van der Waals surface area contributed by atoms with Crippen molar-refractivity contribution in [3.8, 4) is 0 Å². The molecule has 0 heterocycles. The lowest BCUT2D eigenvalue weighted by atomic mass is 9.86. The number of aryl methyl sites for hydroxylation is 1. The summed E-state index contributed by atoms with van der Waals surface area (Å²) in [5.74, 6) is -0.237. The van der Waals surface area contributed by atoms with Gasteiger partial charge in [-0.1, -0.05) is 0 Å². The van der Waals surface area contributed by atoms with E-state index >= 15 is 0 Å². The minimum absolute atomic E-state index is 0.0301. The lowest BCUT2D eigenvalue weighted by Gasteiger charge is -2.29. The van der Waals surface area contributed by atoms with Gasteiger partial charge in [0.1, 0.15) is 0 Å². The van der Waals surface area contributed by atoms with E-state index in [9.17, 15) is 22.8 Å². The minimum atomic E-state index is -4.48. The van der Waals surface area contributed by atoms with Crippen molar-refractivity contribution >= 4 is 11.8 Å². The van der Waals surface area contributed by atoms with Gasteiger partial charge in [-0.05, 0) is 83.1 Å². The van der Waals surface area contributed by atoms with E-state index in [2.05, 4.69) is 16.0 Å². The van der Waals surface area contributed by atoms with Crippen LogP contribution in [-0.4, -0.2) is 36.5 Å². The van der Waals surface area contributed by atoms with Gasteiger partial charge in [-0.25, -0.2) is 0 Å². The summed E-state index contributed by atoms with van der Waals surface area (Å²) in [6.07, 6.45) is -0.908. The molecule has 0 aromatic heterocycles. The fourth-order valence-corrected chi connectivity index (χ4v) is 3.69. The molecule has 2 amide bonds. The molecule has 168 valence electrons. The van der Waals surface area contributed by atoms with E-state index in [1.165, 1.54) is 6.07 Å². The van der Waals surface area contributed by atoms with Gasteiger partial charge in [0.2, 0.25) is 5.91 Å². The Morgan fingerprint density at radius 3 is 2.23 bits per heavy atom. The molecule has 0 radical (unpaired) electrons. The van der Waals surface area contributed by atoms with Crippen molar-refractivity contribution < 1.29 is 22.8 Å². The first-order valence-electron chi connectivity index (χ1n) is 10.3. The van der Waals surface area contributed by atoms with Crippen molar-refractivity contribution in [3.05, 3.63) is 34.9 Å². The fourth-order valence-electron chi connectivity index (χ4n) is 3.69. The fraction of sp³-hybridized carbons (Fsp3) is 0.636. The highest BCUT2D eigenvalue weighted by molar-refractivity contribution is 5.94. The molecule has 1 aliphatic rings. The Morgan fingerprint density at radius 1 is 1.03 bits per heavy atom. The van der Waals surface area contributed by atoms with Crippen molar-refractivity contribution in [2.75, 3.05) is 13.1 Å². The Hall–Kier alpha value is -2.09. The predicted molar refractivity (Wildman–Crippen MR) is 110 cm³/mol. The molecule has 5 nitrogen and oxygen atoms in total. The largest absolute Gasteiger partial charge is 0.416 e. The number of carbonyl (C=O) groups is 2. The SMILES string of the molecule is Cc1cc(C(=O)NCC2CCC(NCC(=O)NC(C)(C)C)CC2)cc(C(F)(F)F)c1. The number of halogens is 3. The summed E-state index contributed by atoms with van der Waals surface area (Å²) in [5, 5.41) is 8.96. The van der Waals surface area contributed by atoms with Crippen LogP contribution in [0.25, 0.3) is 0 Å². The normalized spacial score (nSPS) is 20.0. The maximum atomic E-state index is 13.0. The predicted octanol–water partition coefficient (Wildman–Crippen LogP) is 3.81. The topological polar surface area (TPSA) is 70.2 Å². The number of alkyl halides is 3. The molecule has 0 aliphatic heterocycles. The second-order valence-corrected chi connectivity index (χ2v) is 9.19. The highest BCUT2D eigenvalue weighted by atomic mass is 19.4. The molecule has 2 rings (SSSR count). The van der Waals surface area contributed by atoms with Crippen LogP contribution in [-0.2, 0) is 11.0 Å². The van der Waals surface area contributed by atoms with Crippen LogP contribution in [0.3, 0.4) is 0 Å². The average Bonchev–Trinajstić information content (AvgIpc) is 2.62. The zero-order valence-corrected chi connectivity index (χ0v) is 18.1. The second-order valence-electron chi connectivity index (χ2n) is 9.19. The Kier molecular flexibility index (Phi) is 7.91. The third kappa shape index (κ3) is 7.97. The Bertz CT molecular complexity index is 749. The summed E-state index contributed by atoms with van der Waals surface area (Å²) in [5.41, 5.74) is -0.637. The van der Waals surface area contributed by atoms with E-state index in [0.29, 0.717) is 12.1 Å². The zero-order chi connectivity index (χ0) is 22.5. The van der Waals surface area contributed by atoms with E-state index in [1.54, 1.807) is 6.92 Å². The first-order chi connectivity index (χ1) is 13.8. The van der Waals surface area contributed by atoms with E-state index in [1.807, 2.05) is 20.8 Å². The van der Waals surface area contributed by atoms with Crippen LogP contribution in [0.4, 0.5) is 13.2 Å². The molecule has 3 N–H and O–H groups in total. The molecule has 0 saturated heterocycles. The van der Waals surface area contributed by atoms with Crippen molar-refractivity contribution in [1.29, 1.82) is 0 Å². The number of hydrogen-bond acceptors (Lipinski definition) is 3. The lowest BCUT2D eigenvalue weighted by Crippen LogP contribution is -2.47. The van der Waals surface area contributed by atoms with E-state index < -0.39 is 17.6 Å². The second kappa shape index (κ2) is 9.81. The molecule has 1 aromatic rings. The Labute approximate surface area is 176 Å². The highest BCUT2D eigenvalue weighted by Crippen LogP contribution is 2.30. The summed E-state index contributed by atoms with van der Waals surface area (Å²) in [7, 11) is 0. The summed E-state index contributed by atoms with van der Waals surface area (Å²) < 4.78 is 38.9. The van der Waals surface area contributed by atoms with Gasteiger partial charge in [0.25, 0.3) is 5.91 Å². The maximum absolute atomic E-state index is 13.0. The first-order valence-corrected chi connectivity index (χ1v) is 10.3. The minimum Gasteiger partial charge on any atom is -0.352 e. The van der Waals surface area contributed by atoms with Gasteiger partial charge in [0.05, 0.1) is 12.1 Å². The quantitative estimate of drug-likeness (QED) is 0.647. The van der Waals surface area contributed by atoms with Crippen LogP contribution in [0.15, 0.2) is 18.2 Å². The van der Waals surface area contributed by atoms with Gasteiger partial charge >= 0.3 is 6.18 Å². The highest BCUT2D eigenvalue weighted by Gasteiger charge is 2.31. The van der Waals surface area contributed by atoms with E-state index in [0.717, 1.165) is 37.8 Å². The van der Waals surface area contributed by atoms with Crippen molar-refractivity contribution in [2.45, 2.75) is 71.1 Å². The van der Waals surface area contributed by atoms with Crippen LogP contribution in [0, 0.1) is 12.8 Å². The van der Waals surface area contributed by atoms with Gasteiger partial charge < -0.3 is 16.0 Å². The summed E-state index contributed by atoms with van der Waals surface area (Å²) in [6, 6.07) is 3.65. The van der Waals surface area contributed by atoms with Crippen molar-refractivity contribution in [3.63, 3.8) is 0 Å². The number of nitrogens with one attached hydrogen (secondary N) is 3. The molecule has 1 fully saturated rings. The number of amides is 2. The van der Waals surface area contributed by atoms with Gasteiger partial charge in [0, 0.05) is 23.7 Å².